The Balaban J connectivity index is 1.39. The van der Waals surface area contributed by atoms with E-state index in [1.165, 1.54) is 0 Å². The molecule has 0 bridgehead atoms. The van der Waals surface area contributed by atoms with Gasteiger partial charge in [0.25, 0.3) is 0 Å². The highest BCUT2D eigenvalue weighted by Gasteiger charge is 2.16. The first kappa shape index (κ1) is 20.0. The van der Waals surface area contributed by atoms with E-state index in [0.717, 1.165) is 49.8 Å². The average Bonchev–Trinajstić information content (AvgIpc) is 3.45. The lowest BCUT2D eigenvalue weighted by atomic mass is 10.1. The van der Waals surface area contributed by atoms with Crippen molar-refractivity contribution >= 4 is 44.4 Å². The number of rotatable bonds is 5. The minimum Gasteiger partial charge on any atom is -0.497 e. The van der Waals surface area contributed by atoms with Gasteiger partial charge in [0.15, 0.2) is 0 Å². The van der Waals surface area contributed by atoms with Gasteiger partial charge in [-0.2, -0.15) is 0 Å². The van der Waals surface area contributed by atoms with Crippen LogP contribution in [0.2, 0.25) is 0 Å². The molecule has 0 spiro atoms. The van der Waals surface area contributed by atoms with E-state index in [1.54, 1.807) is 19.5 Å². The molecule has 0 unspecified atom stereocenters. The van der Waals surface area contributed by atoms with Crippen molar-refractivity contribution in [2.75, 3.05) is 12.4 Å². The molecule has 0 aliphatic rings. The molecule has 6 aromatic rings. The van der Waals surface area contributed by atoms with Gasteiger partial charge < -0.3 is 19.6 Å². The molecule has 6 rings (SSSR count). The zero-order valence-corrected chi connectivity index (χ0v) is 18.4. The van der Waals surface area contributed by atoms with E-state index in [4.69, 9.17) is 4.74 Å². The van der Waals surface area contributed by atoms with Gasteiger partial charge in [-0.05, 0) is 48.5 Å². The molecule has 0 radical (unpaired) electrons. The summed E-state index contributed by atoms with van der Waals surface area (Å²) in [6.45, 7) is 0.157. The molecule has 0 aliphatic carbocycles. The third-order valence-corrected chi connectivity index (χ3v) is 5.99. The second-order valence-corrected chi connectivity index (χ2v) is 8.11. The third-order valence-electron chi connectivity index (χ3n) is 5.99. The maximum atomic E-state index is 13.1. The zero-order chi connectivity index (χ0) is 23.1. The molecular formula is C27H21N5O2. The number of carbonyl (C=O) groups excluding carboxylic acids is 1. The normalized spacial score (nSPS) is 11.3. The molecule has 166 valence electrons. The minimum atomic E-state index is -0.129. The first-order chi connectivity index (χ1) is 16.7. The van der Waals surface area contributed by atoms with Gasteiger partial charge in [0.05, 0.1) is 18.3 Å². The minimum absolute atomic E-state index is 0.129. The largest absolute Gasteiger partial charge is 0.497 e. The van der Waals surface area contributed by atoms with Gasteiger partial charge in [-0.25, -0.2) is 4.98 Å². The highest BCUT2D eigenvalue weighted by Crippen LogP contribution is 2.34. The first-order valence-electron chi connectivity index (χ1n) is 10.9. The number of H-pyrrole nitrogens is 1. The van der Waals surface area contributed by atoms with Crippen molar-refractivity contribution in [2.45, 2.75) is 6.54 Å². The summed E-state index contributed by atoms with van der Waals surface area (Å²) in [4.78, 5) is 25.3. The van der Waals surface area contributed by atoms with Crippen LogP contribution in [-0.2, 0) is 11.3 Å². The highest BCUT2D eigenvalue weighted by atomic mass is 16.5. The number of para-hydroxylation sites is 1. The molecule has 4 heterocycles. The van der Waals surface area contributed by atoms with E-state index in [-0.39, 0.29) is 12.5 Å². The number of anilines is 1. The van der Waals surface area contributed by atoms with Crippen LogP contribution in [0.3, 0.4) is 0 Å². The number of hydrogen-bond donors (Lipinski definition) is 2. The Morgan fingerprint density at radius 1 is 1.00 bits per heavy atom. The lowest BCUT2D eigenvalue weighted by molar-refractivity contribution is -0.116. The van der Waals surface area contributed by atoms with E-state index in [1.807, 2.05) is 71.4 Å². The van der Waals surface area contributed by atoms with Crippen LogP contribution < -0.4 is 10.1 Å². The fourth-order valence-corrected chi connectivity index (χ4v) is 4.40. The Kier molecular flexibility index (Phi) is 4.73. The summed E-state index contributed by atoms with van der Waals surface area (Å²) >= 11 is 0. The van der Waals surface area contributed by atoms with E-state index in [2.05, 4.69) is 26.3 Å². The molecule has 1 amide bonds. The summed E-state index contributed by atoms with van der Waals surface area (Å²) < 4.78 is 7.42. The van der Waals surface area contributed by atoms with Crippen molar-refractivity contribution < 1.29 is 9.53 Å². The molecule has 34 heavy (non-hydrogen) atoms. The van der Waals surface area contributed by atoms with Crippen molar-refractivity contribution in [3.05, 3.63) is 85.3 Å². The summed E-state index contributed by atoms with van der Waals surface area (Å²) in [5, 5.41) is 6.03. The maximum Gasteiger partial charge on any atom is 0.244 e. The number of benzene rings is 2. The summed E-state index contributed by atoms with van der Waals surface area (Å²) in [7, 11) is 1.65. The van der Waals surface area contributed by atoms with Crippen LogP contribution in [0.25, 0.3) is 44.1 Å². The van der Waals surface area contributed by atoms with Crippen molar-refractivity contribution in [3.63, 3.8) is 0 Å². The summed E-state index contributed by atoms with van der Waals surface area (Å²) in [5.74, 6) is 0.628. The second-order valence-electron chi connectivity index (χ2n) is 8.11. The SMILES string of the molecule is COc1ccc2c(c1)c(-c1cc3cccnc3[nH]1)cn2CC(=O)Nc1cccc2cccnc12. The standard InChI is InChI=1S/C27H21N5O2/c1-34-19-9-10-24-20(14-19)21(23-13-18-7-4-12-29-27(18)31-23)15-32(24)16-25(33)30-22-8-2-5-17-6-3-11-28-26(17)22/h2-15H,16H2,1H3,(H,29,31)(H,30,33). The number of nitrogens with one attached hydrogen (secondary N) is 2. The van der Waals surface area contributed by atoms with Crippen molar-refractivity contribution in [1.82, 2.24) is 19.5 Å². The topological polar surface area (TPSA) is 84.8 Å². The predicted octanol–water partition coefficient (Wildman–Crippen LogP) is 5.38. The van der Waals surface area contributed by atoms with Crippen LogP contribution >= 0.6 is 0 Å². The van der Waals surface area contributed by atoms with Gasteiger partial charge in [-0.15, -0.1) is 0 Å². The number of methoxy groups -OCH3 is 1. The molecule has 7 heteroatoms. The van der Waals surface area contributed by atoms with Gasteiger partial charge >= 0.3 is 0 Å². The number of amides is 1. The number of carbonyl (C=O) groups is 1. The lowest BCUT2D eigenvalue weighted by Crippen LogP contribution is -2.18. The van der Waals surface area contributed by atoms with Crippen molar-refractivity contribution in [2.24, 2.45) is 0 Å². The van der Waals surface area contributed by atoms with Crippen molar-refractivity contribution in [1.29, 1.82) is 0 Å². The van der Waals surface area contributed by atoms with Gasteiger partial charge in [-0.3, -0.25) is 9.78 Å². The number of fused-ring (bicyclic) bond motifs is 3. The lowest BCUT2D eigenvalue weighted by Gasteiger charge is -2.09. The van der Waals surface area contributed by atoms with Crippen LogP contribution in [0.1, 0.15) is 0 Å². The number of aromatic amines is 1. The third kappa shape index (κ3) is 3.44. The Morgan fingerprint density at radius 3 is 2.68 bits per heavy atom. The smallest absolute Gasteiger partial charge is 0.244 e. The molecule has 0 aliphatic heterocycles. The molecule has 0 atom stereocenters. The number of ether oxygens (including phenoxy) is 1. The Bertz CT molecular complexity index is 1640. The van der Waals surface area contributed by atoms with Gasteiger partial charge in [-0.1, -0.05) is 18.2 Å². The number of hydrogen-bond acceptors (Lipinski definition) is 4. The molecule has 0 fully saturated rings. The van der Waals surface area contributed by atoms with E-state index < -0.39 is 0 Å². The number of pyridine rings is 2. The molecular weight excluding hydrogens is 426 g/mol. The summed E-state index contributed by atoms with van der Waals surface area (Å²) in [5.41, 5.74) is 5.14. The Morgan fingerprint density at radius 2 is 1.82 bits per heavy atom. The quantitative estimate of drug-likeness (QED) is 0.372. The first-order valence-corrected chi connectivity index (χ1v) is 10.9. The van der Waals surface area contributed by atoms with Crippen LogP contribution in [0.5, 0.6) is 5.75 Å². The van der Waals surface area contributed by atoms with E-state index in [9.17, 15) is 4.79 Å². The maximum absolute atomic E-state index is 13.1. The van der Waals surface area contributed by atoms with Crippen LogP contribution in [0.4, 0.5) is 5.69 Å². The summed E-state index contributed by atoms with van der Waals surface area (Å²) in [6, 6.07) is 21.5. The highest BCUT2D eigenvalue weighted by molar-refractivity contribution is 6.02. The number of nitrogens with zero attached hydrogens (tertiary/aromatic N) is 3. The Hall–Kier alpha value is -4.65. The van der Waals surface area contributed by atoms with Gasteiger partial charge in [0, 0.05) is 51.5 Å². The fourth-order valence-electron chi connectivity index (χ4n) is 4.40. The second kappa shape index (κ2) is 8.04. The molecule has 4 aromatic heterocycles. The van der Waals surface area contributed by atoms with Crippen molar-refractivity contribution in [3.8, 4) is 17.0 Å². The van der Waals surface area contributed by atoms with Gasteiger partial charge in [0.1, 0.15) is 17.9 Å². The van der Waals surface area contributed by atoms with E-state index >= 15 is 0 Å². The molecule has 0 saturated heterocycles. The molecule has 0 saturated carbocycles. The Labute approximate surface area is 195 Å². The van der Waals surface area contributed by atoms with Crippen LogP contribution in [-0.4, -0.2) is 32.5 Å². The predicted molar refractivity (Wildman–Crippen MR) is 134 cm³/mol. The molecule has 2 N–H and O–H groups in total. The van der Waals surface area contributed by atoms with Gasteiger partial charge in [0.2, 0.25) is 5.91 Å². The van der Waals surface area contributed by atoms with E-state index in [0.29, 0.717) is 5.69 Å². The van der Waals surface area contributed by atoms with Crippen LogP contribution in [0, 0.1) is 0 Å². The zero-order valence-electron chi connectivity index (χ0n) is 18.4. The molecule has 7 nitrogen and oxygen atoms in total. The summed E-state index contributed by atoms with van der Waals surface area (Å²) in [6.07, 6.45) is 5.49. The molecule has 2 aromatic carbocycles. The number of aromatic nitrogens is 4. The average molecular weight is 447 g/mol. The fraction of sp³-hybridized carbons (Fsp3) is 0.0741. The monoisotopic (exact) mass is 447 g/mol. The van der Waals surface area contributed by atoms with Crippen LogP contribution in [0.15, 0.2) is 85.3 Å².